The minimum atomic E-state index is -3.81. The molecule has 0 amide bonds. The lowest BCUT2D eigenvalue weighted by molar-refractivity contribution is -0.121. The summed E-state index contributed by atoms with van der Waals surface area (Å²) in [6, 6.07) is 11.4. The van der Waals surface area contributed by atoms with Crippen molar-refractivity contribution < 1.29 is 27.4 Å². The molecule has 1 aliphatic heterocycles. The third-order valence-electron chi connectivity index (χ3n) is 6.24. The highest BCUT2D eigenvalue weighted by atomic mass is 32.3. The first-order valence-corrected chi connectivity index (χ1v) is 14.7. The average Bonchev–Trinajstić information content (AvgIpc) is 2.77. The molecule has 35 heavy (non-hydrogen) atoms. The number of nitrogens with zero attached hydrogens (tertiary/aromatic N) is 1. The van der Waals surface area contributed by atoms with Crippen LogP contribution < -0.4 is 10.0 Å². The van der Waals surface area contributed by atoms with Gasteiger partial charge in [-0.3, -0.25) is 18.6 Å². The summed E-state index contributed by atoms with van der Waals surface area (Å²) in [5, 5.41) is 14.2. The fourth-order valence-electron chi connectivity index (χ4n) is 4.97. The van der Waals surface area contributed by atoms with Crippen molar-refractivity contribution in [1.29, 1.82) is 0 Å². The van der Waals surface area contributed by atoms with E-state index in [1.165, 1.54) is 18.2 Å². The Morgan fingerprint density at radius 2 is 1.74 bits per heavy atom. The number of anilines is 2. The summed E-state index contributed by atoms with van der Waals surface area (Å²) in [5.41, 5.74) is 0.699. The Bertz CT molecular complexity index is 1360. The highest BCUT2D eigenvalue weighted by Gasteiger charge is 2.48. The number of carbonyl (C=O) groups excluding carboxylic acids is 1. The van der Waals surface area contributed by atoms with E-state index in [1.54, 1.807) is 12.1 Å². The molecule has 0 bridgehead atoms. The maximum absolute atomic E-state index is 14.1. The standard InChI is InChI=1S/C24H29N3O6S2/c1-4-12-24(13-5-2)17-9-7-6-8-16(17)21(28)20(22(24)29)23-25-18-11-10-15(26-34(3,30)31)14-19(18)35(32,33)27-23/h6-11,14,26,28,32-33H,4-5,12-13H2,1-3H3,(H,25,27). The van der Waals surface area contributed by atoms with E-state index < -0.39 is 26.2 Å². The minimum absolute atomic E-state index is 0.0213. The summed E-state index contributed by atoms with van der Waals surface area (Å²) in [7, 11) is -7.39. The average molecular weight is 520 g/mol. The molecular weight excluding hydrogens is 490 g/mol. The van der Waals surface area contributed by atoms with E-state index >= 15 is 0 Å². The molecule has 1 aliphatic carbocycles. The van der Waals surface area contributed by atoms with Crippen molar-refractivity contribution in [3.05, 3.63) is 59.2 Å². The normalized spacial score (nSPS) is 19.2. The van der Waals surface area contributed by atoms with Crippen molar-refractivity contribution in [3.63, 3.8) is 0 Å². The number of rotatable bonds is 7. The SMILES string of the molecule is CCCC1(CCC)C(=O)C(C2=NS(O)(O)c3cc(NS(C)(=O)=O)ccc3N2)=C(O)c2ccccc21. The first kappa shape index (κ1) is 25.2. The van der Waals surface area contributed by atoms with Crippen LogP contribution in [-0.2, 0) is 20.2 Å². The van der Waals surface area contributed by atoms with Gasteiger partial charge in [-0.25, -0.2) is 8.42 Å². The summed E-state index contributed by atoms with van der Waals surface area (Å²) < 4.78 is 51.3. The van der Waals surface area contributed by atoms with E-state index in [4.69, 9.17) is 0 Å². The molecule has 0 radical (unpaired) electrons. The predicted octanol–water partition coefficient (Wildman–Crippen LogP) is 5.30. The van der Waals surface area contributed by atoms with Gasteiger partial charge >= 0.3 is 0 Å². The second kappa shape index (κ2) is 8.98. The fourth-order valence-corrected chi connectivity index (χ4v) is 6.71. The lowest BCUT2D eigenvalue weighted by Crippen LogP contribution is -2.44. The summed E-state index contributed by atoms with van der Waals surface area (Å²) in [5.74, 6) is -0.721. The number of ketones is 1. The molecule has 2 aliphatic rings. The molecule has 0 saturated heterocycles. The Labute approximate surface area is 206 Å². The zero-order valence-corrected chi connectivity index (χ0v) is 21.3. The number of amidine groups is 1. The highest BCUT2D eigenvalue weighted by molar-refractivity contribution is 8.23. The lowest BCUT2D eigenvalue weighted by Gasteiger charge is -2.40. The molecule has 2 aromatic rings. The fraction of sp³-hybridized carbons (Fsp3) is 0.333. The zero-order chi connectivity index (χ0) is 25.6. The van der Waals surface area contributed by atoms with Crippen molar-refractivity contribution in [2.75, 3.05) is 16.3 Å². The second-order valence-electron chi connectivity index (χ2n) is 8.85. The number of hydrogen-bond donors (Lipinski definition) is 5. The molecule has 2 aromatic carbocycles. The first-order chi connectivity index (χ1) is 16.4. The molecule has 0 atom stereocenters. The van der Waals surface area contributed by atoms with Gasteiger partial charge in [0, 0.05) is 5.56 Å². The number of hydrogen-bond acceptors (Lipinski definition) is 8. The van der Waals surface area contributed by atoms with Crippen molar-refractivity contribution in [2.24, 2.45) is 4.40 Å². The van der Waals surface area contributed by atoms with Crippen LogP contribution in [0.2, 0.25) is 0 Å². The summed E-state index contributed by atoms with van der Waals surface area (Å²) in [6.45, 7) is 3.99. The molecule has 0 fully saturated rings. The van der Waals surface area contributed by atoms with Crippen LogP contribution in [0.5, 0.6) is 0 Å². The maximum atomic E-state index is 14.1. The Hall–Kier alpha value is -2.86. The molecule has 0 saturated carbocycles. The molecule has 5 N–H and O–H groups in total. The molecule has 0 unspecified atom stereocenters. The monoisotopic (exact) mass is 519 g/mol. The number of aliphatic hydroxyl groups is 1. The van der Waals surface area contributed by atoms with Crippen molar-refractivity contribution in [2.45, 2.75) is 49.8 Å². The van der Waals surface area contributed by atoms with E-state index in [1.807, 2.05) is 26.0 Å². The lowest BCUT2D eigenvalue weighted by atomic mass is 9.63. The third-order valence-corrected chi connectivity index (χ3v) is 8.21. The second-order valence-corrected chi connectivity index (χ2v) is 12.3. The van der Waals surface area contributed by atoms with Crippen LogP contribution in [0, 0.1) is 0 Å². The van der Waals surface area contributed by atoms with Crippen LogP contribution in [0.1, 0.15) is 50.7 Å². The van der Waals surface area contributed by atoms with Crippen molar-refractivity contribution in [1.82, 2.24) is 0 Å². The number of aliphatic hydroxyl groups excluding tert-OH is 1. The number of carbonyl (C=O) groups is 1. The van der Waals surface area contributed by atoms with Gasteiger partial charge in [-0.1, -0.05) is 61.7 Å². The van der Waals surface area contributed by atoms with Gasteiger partial charge < -0.3 is 10.4 Å². The van der Waals surface area contributed by atoms with Gasteiger partial charge in [-0.15, -0.1) is 4.40 Å². The van der Waals surface area contributed by atoms with Crippen molar-refractivity contribution in [3.8, 4) is 0 Å². The van der Waals surface area contributed by atoms with Gasteiger partial charge in [0.2, 0.25) is 10.0 Å². The van der Waals surface area contributed by atoms with Gasteiger partial charge in [-0.05, 0) is 36.6 Å². The van der Waals surface area contributed by atoms with E-state index in [9.17, 15) is 27.4 Å². The smallest absolute Gasteiger partial charge is 0.229 e. The third kappa shape index (κ3) is 4.44. The topological polar surface area (TPSA) is 148 Å². The van der Waals surface area contributed by atoms with Crippen LogP contribution in [0.4, 0.5) is 11.4 Å². The van der Waals surface area contributed by atoms with Gasteiger partial charge in [0.1, 0.15) is 16.2 Å². The van der Waals surface area contributed by atoms with Gasteiger partial charge in [0.05, 0.1) is 23.0 Å². The zero-order valence-electron chi connectivity index (χ0n) is 19.7. The summed E-state index contributed by atoms with van der Waals surface area (Å²) in [4.78, 5) is 14.0. The Balaban J connectivity index is 1.87. The van der Waals surface area contributed by atoms with Crippen LogP contribution in [0.3, 0.4) is 0 Å². The van der Waals surface area contributed by atoms with Crippen LogP contribution >= 0.6 is 10.8 Å². The Morgan fingerprint density at radius 1 is 1.09 bits per heavy atom. The summed E-state index contributed by atoms with van der Waals surface area (Å²) >= 11 is 0. The van der Waals surface area contributed by atoms with Crippen LogP contribution in [-0.4, -0.2) is 40.5 Å². The van der Waals surface area contributed by atoms with Gasteiger partial charge in [0.25, 0.3) is 0 Å². The summed E-state index contributed by atoms with van der Waals surface area (Å²) in [6.07, 6.45) is 3.59. The largest absolute Gasteiger partial charge is 0.506 e. The Morgan fingerprint density at radius 3 is 2.37 bits per heavy atom. The first-order valence-electron chi connectivity index (χ1n) is 11.3. The predicted molar refractivity (Wildman–Crippen MR) is 140 cm³/mol. The van der Waals surface area contributed by atoms with E-state index in [2.05, 4.69) is 14.4 Å². The molecule has 11 heteroatoms. The number of nitrogens with one attached hydrogen (secondary N) is 2. The molecule has 9 nitrogen and oxygen atoms in total. The van der Waals surface area contributed by atoms with Gasteiger partial charge in [0.15, 0.2) is 11.6 Å². The molecule has 4 rings (SSSR count). The maximum Gasteiger partial charge on any atom is 0.229 e. The molecule has 0 aromatic heterocycles. The number of benzene rings is 2. The minimum Gasteiger partial charge on any atom is -0.506 e. The molecular formula is C24H29N3O6S2. The van der Waals surface area contributed by atoms with Gasteiger partial charge in [-0.2, -0.15) is 0 Å². The van der Waals surface area contributed by atoms with E-state index in [-0.39, 0.29) is 39.2 Å². The van der Waals surface area contributed by atoms with Crippen LogP contribution in [0.15, 0.2) is 57.3 Å². The number of sulfonamides is 1. The molecule has 188 valence electrons. The van der Waals surface area contributed by atoms with Crippen LogP contribution in [0.25, 0.3) is 5.76 Å². The van der Waals surface area contributed by atoms with E-state index in [0.717, 1.165) is 24.7 Å². The number of Topliss-reactive ketones (excluding diaryl/α,β-unsaturated/α-hetero) is 1. The quantitative estimate of drug-likeness (QED) is 0.333. The number of fused-ring (bicyclic) bond motifs is 2. The van der Waals surface area contributed by atoms with E-state index in [0.29, 0.717) is 18.4 Å². The Kier molecular flexibility index (Phi) is 6.47. The van der Waals surface area contributed by atoms with Crippen molar-refractivity contribution >= 4 is 49.6 Å². The molecule has 1 heterocycles. The molecule has 0 spiro atoms. The highest BCUT2D eigenvalue weighted by Crippen LogP contribution is 2.57.